The number of rotatable bonds is 5. The number of halogens is 1. The van der Waals surface area contributed by atoms with Crippen LogP contribution in [0.1, 0.15) is 33.4 Å². The second-order valence-corrected chi connectivity index (χ2v) is 6.22. The molecule has 0 unspecified atom stereocenters. The minimum atomic E-state index is -0.530. The summed E-state index contributed by atoms with van der Waals surface area (Å²) >= 11 is 7.22. The van der Waals surface area contributed by atoms with Gasteiger partial charge in [-0.25, -0.2) is 0 Å². The molecule has 7 heteroatoms. The first-order chi connectivity index (χ1) is 8.83. The molecule has 1 rings (SSSR count). The summed E-state index contributed by atoms with van der Waals surface area (Å²) in [5, 5.41) is 12.7. The van der Waals surface area contributed by atoms with Gasteiger partial charge in [0.1, 0.15) is 5.69 Å². The van der Waals surface area contributed by atoms with Gasteiger partial charge >= 0.3 is 0 Å². The third kappa shape index (κ3) is 3.79. The molecule has 0 N–H and O–H groups in total. The third-order valence-corrected chi connectivity index (χ3v) is 3.74. The second-order valence-electron chi connectivity index (χ2n) is 5.18. The van der Waals surface area contributed by atoms with Gasteiger partial charge in [0.25, 0.3) is 5.56 Å². The Morgan fingerprint density at radius 3 is 2.58 bits per heavy atom. The number of nitrogens with zero attached hydrogens (tertiary/aromatic N) is 4. The van der Waals surface area contributed by atoms with Gasteiger partial charge in [-0.1, -0.05) is 39.5 Å². The normalized spacial score (nSPS) is 12.6. The monoisotopic (exact) mass is 302 g/mol. The molecule has 0 amide bonds. The first kappa shape index (κ1) is 16.2. The number of aromatic nitrogens is 3. The zero-order valence-corrected chi connectivity index (χ0v) is 13.4. The largest absolute Gasteiger partial charge is 0.297 e. The van der Waals surface area contributed by atoms with E-state index >= 15 is 0 Å². The van der Waals surface area contributed by atoms with Crippen LogP contribution < -0.4 is 5.56 Å². The lowest BCUT2D eigenvalue weighted by Gasteiger charge is -2.19. The van der Waals surface area contributed by atoms with Crippen molar-refractivity contribution in [3.8, 4) is 0 Å². The van der Waals surface area contributed by atoms with Crippen molar-refractivity contribution in [1.82, 2.24) is 14.9 Å². The van der Waals surface area contributed by atoms with E-state index in [0.29, 0.717) is 16.7 Å². The molecule has 0 saturated carbocycles. The Morgan fingerprint density at radius 1 is 1.47 bits per heavy atom. The summed E-state index contributed by atoms with van der Waals surface area (Å²) in [6.07, 6.45) is 3.54. The van der Waals surface area contributed by atoms with Crippen molar-refractivity contribution in [2.75, 3.05) is 12.1 Å². The van der Waals surface area contributed by atoms with Crippen molar-refractivity contribution < 1.29 is 0 Å². The lowest BCUT2D eigenvalue weighted by atomic mass is 9.92. The van der Waals surface area contributed by atoms with Crippen LogP contribution in [-0.4, -0.2) is 33.2 Å². The van der Waals surface area contributed by atoms with Crippen molar-refractivity contribution in [2.24, 2.45) is 11.0 Å². The Labute approximate surface area is 122 Å². The maximum Gasteiger partial charge on any atom is 0.297 e. The molecule has 1 aromatic heterocycles. The average Bonchev–Trinajstić information content (AvgIpc) is 2.36. The SMILES string of the molecule is CSc1nnc(C(C)(C)CCl)c(=O)n1N=CC(C)C. The van der Waals surface area contributed by atoms with Crippen LogP contribution in [0.3, 0.4) is 0 Å². The molecular formula is C12H19ClN4OS. The molecule has 0 aliphatic rings. The highest BCUT2D eigenvalue weighted by Gasteiger charge is 2.27. The van der Waals surface area contributed by atoms with E-state index in [1.165, 1.54) is 16.4 Å². The van der Waals surface area contributed by atoms with Gasteiger partial charge in [-0.2, -0.15) is 9.78 Å². The molecule has 0 aliphatic heterocycles. The number of thioether (sulfide) groups is 1. The molecule has 0 aromatic carbocycles. The van der Waals surface area contributed by atoms with Gasteiger partial charge in [0, 0.05) is 17.5 Å². The van der Waals surface area contributed by atoms with Crippen molar-refractivity contribution in [3.63, 3.8) is 0 Å². The van der Waals surface area contributed by atoms with Crippen molar-refractivity contribution in [2.45, 2.75) is 38.3 Å². The summed E-state index contributed by atoms with van der Waals surface area (Å²) in [4.78, 5) is 12.4. The van der Waals surface area contributed by atoms with Gasteiger partial charge < -0.3 is 0 Å². The van der Waals surface area contributed by atoms with Crippen molar-refractivity contribution >= 4 is 29.6 Å². The van der Waals surface area contributed by atoms with Gasteiger partial charge in [0.15, 0.2) is 0 Å². The topological polar surface area (TPSA) is 60.1 Å². The van der Waals surface area contributed by atoms with Gasteiger partial charge in [-0.3, -0.25) is 4.79 Å². The van der Waals surface area contributed by atoms with Crippen LogP contribution in [0.5, 0.6) is 0 Å². The fourth-order valence-electron chi connectivity index (χ4n) is 1.28. The van der Waals surface area contributed by atoms with E-state index in [0.717, 1.165) is 0 Å². The lowest BCUT2D eigenvalue weighted by molar-refractivity contribution is 0.514. The van der Waals surface area contributed by atoms with E-state index < -0.39 is 5.41 Å². The molecule has 1 heterocycles. The molecule has 106 valence electrons. The standard InChI is InChI=1S/C12H19ClN4OS/c1-8(2)6-14-17-10(18)9(12(3,4)7-13)15-16-11(17)19-5/h6,8H,7H2,1-5H3. The molecular weight excluding hydrogens is 284 g/mol. The summed E-state index contributed by atoms with van der Waals surface area (Å²) in [7, 11) is 0. The molecule has 0 spiro atoms. The summed E-state index contributed by atoms with van der Waals surface area (Å²) < 4.78 is 1.29. The highest BCUT2D eigenvalue weighted by molar-refractivity contribution is 7.98. The summed E-state index contributed by atoms with van der Waals surface area (Å²) in [6.45, 7) is 7.71. The second kappa shape index (κ2) is 6.52. The fourth-order valence-corrected chi connectivity index (χ4v) is 1.83. The molecule has 0 atom stereocenters. The van der Waals surface area contributed by atoms with E-state index in [-0.39, 0.29) is 11.5 Å². The Kier molecular flexibility index (Phi) is 5.55. The Morgan fingerprint density at radius 2 is 2.11 bits per heavy atom. The van der Waals surface area contributed by atoms with Crippen LogP contribution in [0.2, 0.25) is 0 Å². The van der Waals surface area contributed by atoms with E-state index in [9.17, 15) is 4.79 Å². The Balaban J connectivity index is 3.43. The first-order valence-electron chi connectivity index (χ1n) is 5.98. The van der Waals surface area contributed by atoms with E-state index in [4.69, 9.17) is 11.6 Å². The van der Waals surface area contributed by atoms with Crippen LogP contribution in [-0.2, 0) is 5.41 Å². The molecule has 0 bridgehead atoms. The summed E-state index contributed by atoms with van der Waals surface area (Å²) in [5.74, 6) is 0.544. The van der Waals surface area contributed by atoms with Gasteiger partial charge in [-0.05, 0) is 12.2 Å². The lowest BCUT2D eigenvalue weighted by Crippen LogP contribution is -2.35. The van der Waals surface area contributed by atoms with Crippen molar-refractivity contribution in [1.29, 1.82) is 0 Å². The van der Waals surface area contributed by atoms with E-state index in [2.05, 4.69) is 15.3 Å². The number of alkyl halides is 1. The van der Waals surface area contributed by atoms with Gasteiger partial charge in [0.2, 0.25) is 5.16 Å². The molecule has 0 aliphatic carbocycles. The van der Waals surface area contributed by atoms with Crippen LogP contribution in [0.15, 0.2) is 15.1 Å². The Hall–Kier alpha value is -0.880. The quantitative estimate of drug-likeness (QED) is 0.476. The van der Waals surface area contributed by atoms with E-state index in [1.54, 1.807) is 6.21 Å². The zero-order valence-electron chi connectivity index (χ0n) is 11.8. The smallest absolute Gasteiger partial charge is 0.265 e. The molecule has 0 radical (unpaired) electrons. The van der Waals surface area contributed by atoms with Gasteiger partial charge in [-0.15, -0.1) is 21.8 Å². The van der Waals surface area contributed by atoms with E-state index in [1.807, 2.05) is 34.0 Å². The molecule has 19 heavy (non-hydrogen) atoms. The van der Waals surface area contributed by atoms with Crippen LogP contribution >= 0.6 is 23.4 Å². The molecule has 1 aromatic rings. The fraction of sp³-hybridized carbons (Fsp3) is 0.667. The predicted molar refractivity (Wildman–Crippen MR) is 80.5 cm³/mol. The van der Waals surface area contributed by atoms with Crippen LogP contribution in [0, 0.1) is 5.92 Å². The maximum atomic E-state index is 12.4. The first-order valence-corrected chi connectivity index (χ1v) is 7.74. The zero-order chi connectivity index (χ0) is 14.6. The van der Waals surface area contributed by atoms with Gasteiger partial charge in [0.05, 0.1) is 0 Å². The summed E-state index contributed by atoms with van der Waals surface area (Å²) in [5.41, 5.74) is -0.458. The third-order valence-electron chi connectivity index (χ3n) is 2.45. The summed E-state index contributed by atoms with van der Waals surface area (Å²) in [6, 6.07) is 0. The van der Waals surface area contributed by atoms with Crippen LogP contribution in [0.4, 0.5) is 0 Å². The molecule has 0 fully saturated rings. The van der Waals surface area contributed by atoms with Crippen molar-refractivity contribution in [3.05, 3.63) is 16.0 Å². The molecule has 5 nitrogen and oxygen atoms in total. The predicted octanol–water partition coefficient (Wildman–Crippen LogP) is 2.37. The molecule has 0 saturated heterocycles. The number of hydrogen-bond acceptors (Lipinski definition) is 5. The van der Waals surface area contributed by atoms with Crippen LogP contribution in [0.25, 0.3) is 0 Å². The highest BCUT2D eigenvalue weighted by Crippen LogP contribution is 2.20. The minimum absolute atomic E-state index is 0.249. The Bertz CT molecular complexity index is 525. The minimum Gasteiger partial charge on any atom is -0.265 e. The number of hydrogen-bond donors (Lipinski definition) is 0. The highest BCUT2D eigenvalue weighted by atomic mass is 35.5. The maximum absolute atomic E-state index is 12.4. The average molecular weight is 303 g/mol.